The van der Waals surface area contributed by atoms with Crippen LogP contribution in [0.1, 0.15) is 38.1 Å². The highest BCUT2D eigenvalue weighted by Gasteiger charge is 2.10. The van der Waals surface area contributed by atoms with Gasteiger partial charge in [-0.25, -0.2) is 5.84 Å². The summed E-state index contributed by atoms with van der Waals surface area (Å²) < 4.78 is 0. The molecule has 0 fully saturated rings. The molecule has 0 aliphatic heterocycles. The van der Waals surface area contributed by atoms with Gasteiger partial charge in [0.2, 0.25) is 0 Å². The summed E-state index contributed by atoms with van der Waals surface area (Å²) in [5, 5.41) is 1.01. The number of amides is 1. The molecule has 4 N–H and O–H groups in total. The highest BCUT2D eigenvalue weighted by atomic mass is 16.2. The van der Waals surface area contributed by atoms with Gasteiger partial charge in [-0.2, -0.15) is 0 Å². The third-order valence-corrected chi connectivity index (χ3v) is 1.51. The van der Waals surface area contributed by atoms with Crippen molar-refractivity contribution < 1.29 is 4.79 Å². The predicted octanol–water partition coefficient (Wildman–Crippen LogP) is 2.27. The Balaban J connectivity index is 0. The van der Waals surface area contributed by atoms with Gasteiger partial charge in [0.05, 0.1) is 5.56 Å². The molecule has 0 radical (unpaired) electrons. The zero-order valence-electron chi connectivity index (χ0n) is 10.8. The molecule has 0 aliphatic carbocycles. The number of nitrogens with two attached hydrogens (primary N) is 2. The lowest BCUT2D eigenvalue weighted by Gasteiger charge is -2.10. The normalized spacial score (nSPS) is 7.88. The Labute approximate surface area is 98.2 Å². The fourth-order valence-corrected chi connectivity index (χ4v) is 0.882. The average Bonchev–Trinajstić information content (AvgIpc) is 2.34. The van der Waals surface area contributed by atoms with Crippen LogP contribution in [0.2, 0.25) is 0 Å². The number of benzene rings is 1. The summed E-state index contributed by atoms with van der Waals surface area (Å²) in [5.74, 6) is 4.98. The van der Waals surface area contributed by atoms with Crippen molar-refractivity contribution in [1.82, 2.24) is 5.01 Å². The van der Waals surface area contributed by atoms with Gasteiger partial charge in [-0.05, 0) is 12.1 Å². The fourth-order valence-electron chi connectivity index (χ4n) is 0.882. The van der Waals surface area contributed by atoms with Crippen molar-refractivity contribution in [3.8, 4) is 0 Å². The maximum absolute atomic E-state index is 11.3. The lowest BCUT2D eigenvalue weighted by Crippen LogP contribution is -2.33. The second kappa shape index (κ2) is 9.98. The van der Waals surface area contributed by atoms with E-state index < -0.39 is 0 Å². The lowest BCUT2D eigenvalue weighted by atomic mass is 10.2. The topological polar surface area (TPSA) is 72.3 Å². The molecular weight excluding hydrogens is 202 g/mol. The van der Waals surface area contributed by atoms with Crippen molar-refractivity contribution in [2.75, 3.05) is 12.8 Å². The summed E-state index contributed by atoms with van der Waals surface area (Å²) in [6.07, 6.45) is 0. The van der Waals surface area contributed by atoms with E-state index in [0.717, 1.165) is 5.01 Å². The highest BCUT2D eigenvalue weighted by molar-refractivity contribution is 5.98. The molecule has 4 nitrogen and oxygen atoms in total. The molecule has 16 heavy (non-hydrogen) atoms. The van der Waals surface area contributed by atoms with Crippen molar-refractivity contribution in [2.24, 2.45) is 5.84 Å². The summed E-state index contributed by atoms with van der Waals surface area (Å²) in [6, 6.07) is 6.81. The third kappa shape index (κ3) is 5.36. The first kappa shape index (κ1) is 16.9. The first-order chi connectivity index (χ1) is 7.63. The summed E-state index contributed by atoms with van der Waals surface area (Å²) >= 11 is 0. The quantitative estimate of drug-likeness (QED) is 0.333. The van der Waals surface area contributed by atoms with Gasteiger partial charge in [0.1, 0.15) is 0 Å². The van der Waals surface area contributed by atoms with Gasteiger partial charge in [-0.1, -0.05) is 39.8 Å². The van der Waals surface area contributed by atoms with Gasteiger partial charge >= 0.3 is 0 Å². The Morgan fingerprint density at radius 1 is 1.12 bits per heavy atom. The number of anilines is 1. The van der Waals surface area contributed by atoms with Crippen LogP contribution in [-0.2, 0) is 0 Å². The van der Waals surface area contributed by atoms with Crippen molar-refractivity contribution in [3.63, 3.8) is 0 Å². The molecule has 0 atom stereocenters. The molecule has 0 heterocycles. The molecule has 0 spiro atoms. The average molecular weight is 225 g/mol. The summed E-state index contributed by atoms with van der Waals surface area (Å²) in [4.78, 5) is 11.3. The maximum atomic E-state index is 11.3. The molecule has 1 amide bonds. The van der Waals surface area contributed by atoms with E-state index in [2.05, 4.69) is 0 Å². The van der Waals surface area contributed by atoms with Crippen LogP contribution in [0.25, 0.3) is 0 Å². The standard InChI is InChI=1S/C8H11N3O.2C2H6/c1-11(10)8(12)6-4-2-3-5-7(6)9;2*1-2/h2-5H,9-10H2,1H3;2*1-2H3. The van der Waals surface area contributed by atoms with E-state index in [1.54, 1.807) is 24.3 Å². The van der Waals surface area contributed by atoms with Crippen LogP contribution in [0.5, 0.6) is 0 Å². The van der Waals surface area contributed by atoms with Crippen LogP contribution in [0.4, 0.5) is 5.69 Å². The number of carbonyl (C=O) groups is 1. The number of hydrazine groups is 1. The Hall–Kier alpha value is -1.55. The molecule has 0 saturated carbocycles. The van der Waals surface area contributed by atoms with Crippen LogP contribution in [0, 0.1) is 0 Å². The molecule has 92 valence electrons. The van der Waals surface area contributed by atoms with Gasteiger partial charge in [0.25, 0.3) is 5.91 Å². The van der Waals surface area contributed by atoms with Crippen LogP contribution in [0.3, 0.4) is 0 Å². The number of rotatable bonds is 1. The van der Waals surface area contributed by atoms with Gasteiger partial charge in [-0.15, -0.1) is 0 Å². The summed E-state index contributed by atoms with van der Waals surface area (Å²) in [7, 11) is 1.48. The van der Waals surface area contributed by atoms with E-state index in [-0.39, 0.29) is 5.91 Å². The van der Waals surface area contributed by atoms with E-state index in [9.17, 15) is 4.79 Å². The smallest absolute Gasteiger partial charge is 0.269 e. The minimum Gasteiger partial charge on any atom is -0.398 e. The third-order valence-electron chi connectivity index (χ3n) is 1.51. The van der Waals surface area contributed by atoms with E-state index in [1.807, 2.05) is 27.7 Å². The van der Waals surface area contributed by atoms with Gasteiger partial charge in [-0.3, -0.25) is 9.80 Å². The molecule has 1 aromatic carbocycles. The molecule has 0 aromatic heterocycles. The van der Waals surface area contributed by atoms with Gasteiger partial charge < -0.3 is 5.73 Å². The van der Waals surface area contributed by atoms with Crippen molar-refractivity contribution >= 4 is 11.6 Å². The molecule has 1 rings (SSSR count). The maximum Gasteiger partial charge on any atom is 0.269 e. The molecular formula is C12H23N3O. The number of carbonyl (C=O) groups excluding carboxylic acids is 1. The van der Waals surface area contributed by atoms with E-state index >= 15 is 0 Å². The number of hydrogen-bond donors (Lipinski definition) is 2. The zero-order valence-corrected chi connectivity index (χ0v) is 10.8. The molecule has 0 aliphatic rings. The van der Waals surface area contributed by atoms with Crippen LogP contribution >= 0.6 is 0 Å². The van der Waals surface area contributed by atoms with Crippen molar-refractivity contribution in [1.29, 1.82) is 0 Å². The van der Waals surface area contributed by atoms with E-state index in [4.69, 9.17) is 11.6 Å². The monoisotopic (exact) mass is 225 g/mol. The fraction of sp³-hybridized carbons (Fsp3) is 0.417. The first-order valence-electron chi connectivity index (χ1n) is 5.50. The van der Waals surface area contributed by atoms with Crippen LogP contribution in [-0.4, -0.2) is 18.0 Å². The Bertz CT molecular complexity index is 298. The largest absolute Gasteiger partial charge is 0.398 e. The second-order valence-corrected chi connectivity index (χ2v) is 2.50. The molecule has 0 unspecified atom stereocenters. The summed E-state index contributed by atoms with van der Waals surface area (Å²) in [6.45, 7) is 8.00. The van der Waals surface area contributed by atoms with Crippen molar-refractivity contribution in [2.45, 2.75) is 27.7 Å². The van der Waals surface area contributed by atoms with E-state index in [1.165, 1.54) is 7.05 Å². The zero-order chi connectivity index (χ0) is 13.1. The number of hydrogen-bond acceptors (Lipinski definition) is 3. The molecule has 1 aromatic rings. The minimum atomic E-state index is -0.284. The predicted molar refractivity (Wildman–Crippen MR) is 69.8 cm³/mol. The Morgan fingerprint density at radius 3 is 1.94 bits per heavy atom. The minimum absolute atomic E-state index is 0.284. The Morgan fingerprint density at radius 2 is 1.56 bits per heavy atom. The Kier molecular flexibility index (Phi) is 10.5. The van der Waals surface area contributed by atoms with E-state index in [0.29, 0.717) is 11.3 Å². The second-order valence-electron chi connectivity index (χ2n) is 2.50. The molecule has 0 bridgehead atoms. The lowest BCUT2D eigenvalue weighted by molar-refractivity contribution is 0.0796. The van der Waals surface area contributed by atoms with Crippen molar-refractivity contribution in [3.05, 3.63) is 29.8 Å². The summed E-state index contributed by atoms with van der Waals surface area (Å²) in [5.41, 5.74) is 6.43. The van der Waals surface area contributed by atoms with Gasteiger partial charge in [0, 0.05) is 12.7 Å². The van der Waals surface area contributed by atoms with Crippen LogP contribution in [0.15, 0.2) is 24.3 Å². The SMILES string of the molecule is CC.CC.CN(N)C(=O)c1ccccc1N. The highest BCUT2D eigenvalue weighted by Crippen LogP contribution is 2.10. The molecule has 0 saturated heterocycles. The first-order valence-corrected chi connectivity index (χ1v) is 5.50. The van der Waals surface area contributed by atoms with Gasteiger partial charge in [0.15, 0.2) is 0 Å². The van der Waals surface area contributed by atoms with Crippen LogP contribution < -0.4 is 11.6 Å². The number of nitrogen functional groups attached to an aromatic ring is 1. The molecule has 4 heteroatoms. The number of para-hydroxylation sites is 1. The number of nitrogens with zero attached hydrogens (tertiary/aromatic N) is 1.